The Bertz CT molecular complexity index is 479. The molecule has 0 aliphatic heterocycles. The first-order valence-electron chi connectivity index (χ1n) is 6.19. The van der Waals surface area contributed by atoms with Gasteiger partial charge in [0.25, 0.3) is 5.69 Å². The number of nitrogens with two attached hydrogens (primary N) is 1. The number of anilines is 1. The van der Waals surface area contributed by atoms with E-state index >= 15 is 0 Å². The molecule has 20 heavy (non-hydrogen) atoms. The predicted octanol–water partition coefficient (Wildman–Crippen LogP) is 2.29. The van der Waals surface area contributed by atoms with Gasteiger partial charge in [0.1, 0.15) is 5.60 Å². The quantitative estimate of drug-likeness (QED) is 0.674. The SMILES string of the molecule is CC(C)(C)OC(=O)N(CCN)c1ccc([N+](=O)[O-])cc1. The Morgan fingerprint density at radius 1 is 1.35 bits per heavy atom. The summed E-state index contributed by atoms with van der Waals surface area (Å²) in [7, 11) is 0. The van der Waals surface area contributed by atoms with Crippen LogP contribution in [0.2, 0.25) is 0 Å². The van der Waals surface area contributed by atoms with E-state index in [4.69, 9.17) is 10.5 Å². The number of ether oxygens (including phenoxy) is 1. The second-order valence-electron chi connectivity index (χ2n) is 5.19. The maximum Gasteiger partial charge on any atom is 0.414 e. The lowest BCUT2D eigenvalue weighted by Crippen LogP contribution is -2.39. The summed E-state index contributed by atoms with van der Waals surface area (Å²) in [5.41, 5.74) is 5.34. The lowest BCUT2D eigenvalue weighted by molar-refractivity contribution is -0.384. The van der Waals surface area contributed by atoms with E-state index in [1.165, 1.54) is 29.2 Å². The summed E-state index contributed by atoms with van der Waals surface area (Å²) in [6.45, 7) is 5.83. The van der Waals surface area contributed by atoms with Gasteiger partial charge >= 0.3 is 6.09 Å². The Balaban J connectivity index is 2.95. The number of hydrogen-bond donors (Lipinski definition) is 1. The van der Waals surface area contributed by atoms with Gasteiger partial charge in [0.15, 0.2) is 0 Å². The first-order valence-corrected chi connectivity index (χ1v) is 6.19. The zero-order chi connectivity index (χ0) is 15.3. The van der Waals surface area contributed by atoms with Crippen molar-refractivity contribution >= 4 is 17.5 Å². The number of carbonyl (C=O) groups is 1. The largest absolute Gasteiger partial charge is 0.443 e. The zero-order valence-corrected chi connectivity index (χ0v) is 11.8. The molecule has 0 saturated heterocycles. The fourth-order valence-corrected chi connectivity index (χ4v) is 1.53. The summed E-state index contributed by atoms with van der Waals surface area (Å²) >= 11 is 0. The molecule has 7 heteroatoms. The van der Waals surface area contributed by atoms with Crippen LogP contribution in [-0.4, -0.2) is 29.7 Å². The van der Waals surface area contributed by atoms with Crippen molar-refractivity contribution in [1.29, 1.82) is 0 Å². The van der Waals surface area contributed by atoms with Crippen LogP contribution in [0.4, 0.5) is 16.2 Å². The molecule has 0 aliphatic rings. The smallest absolute Gasteiger partial charge is 0.414 e. The standard InChI is InChI=1S/C13H19N3O4/c1-13(2,3)20-12(17)15(9-8-14)10-4-6-11(7-5-10)16(18)19/h4-7H,8-9,14H2,1-3H3. The maximum atomic E-state index is 12.1. The van der Waals surface area contributed by atoms with E-state index in [0.29, 0.717) is 5.69 Å². The van der Waals surface area contributed by atoms with Crippen LogP contribution in [-0.2, 0) is 4.74 Å². The van der Waals surface area contributed by atoms with Gasteiger partial charge in [-0.3, -0.25) is 15.0 Å². The number of carbonyl (C=O) groups excluding carboxylic acids is 1. The molecule has 0 fully saturated rings. The molecule has 0 aromatic heterocycles. The van der Waals surface area contributed by atoms with E-state index in [1.54, 1.807) is 20.8 Å². The first kappa shape index (κ1) is 15.9. The van der Waals surface area contributed by atoms with Gasteiger partial charge in [0.05, 0.1) is 4.92 Å². The maximum absolute atomic E-state index is 12.1. The molecule has 110 valence electrons. The second kappa shape index (κ2) is 6.33. The molecule has 0 unspecified atom stereocenters. The van der Waals surface area contributed by atoms with E-state index in [-0.39, 0.29) is 18.8 Å². The number of hydrogen-bond acceptors (Lipinski definition) is 5. The number of nitro groups is 1. The molecule has 0 spiro atoms. The topological polar surface area (TPSA) is 98.7 Å². The van der Waals surface area contributed by atoms with Gasteiger partial charge in [0, 0.05) is 30.9 Å². The number of nitrogens with zero attached hydrogens (tertiary/aromatic N) is 2. The molecule has 0 aliphatic carbocycles. The molecule has 1 aromatic rings. The molecule has 1 amide bonds. The summed E-state index contributed by atoms with van der Waals surface area (Å²) in [6, 6.07) is 5.67. The lowest BCUT2D eigenvalue weighted by atomic mass is 10.2. The lowest BCUT2D eigenvalue weighted by Gasteiger charge is -2.27. The third-order valence-electron chi connectivity index (χ3n) is 2.34. The van der Waals surface area contributed by atoms with Crippen molar-refractivity contribution in [3.63, 3.8) is 0 Å². The van der Waals surface area contributed by atoms with E-state index in [1.807, 2.05) is 0 Å². The van der Waals surface area contributed by atoms with Gasteiger partial charge in [-0.1, -0.05) is 0 Å². The molecule has 0 radical (unpaired) electrons. The zero-order valence-electron chi connectivity index (χ0n) is 11.8. The third-order valence-corrected chi connectivity index (χ3v) is 2.34. The molecule has 0 atom stereocenters. The molecular weight excluding hydrogens is 262 g/mol. The highest BCUT2D eigenvalue weighted by atomic mass is 16.6. The summed E-state index contributed by atoms with van der Waals surface area (Å²) in [5.74, 6) is 0. The van der Waals surface area contributed by atoms with Crippen LogP contribution in [0.1, 0.15) is 20.8 Å². The number of rotatable bonds is 4. The number of amides is 1. The summed E-state index contributed by atoms with van der Waals surface area (Å²) < 4.78 is 5.28. The van der Waals surface area contributed by atoms with Crippen LogP contribution < -0.4 is 10.6 Å². The predicted molar refractivity (Wildman–Crippen MR) is 75.7 cm³/mol. The monoisotopic (exact) mass is 281 g/mol. The van der Waals surface area contributed by atoms with E-state index in [0.717, 1.165) is 0 Å². The van der Waals surface area contributed by atoms with Gasteiger partial charge in [-0.25, -0.2) is 4.79 Å². The minimum Gasteiger partial charge on any atom is -0.443 e. The van der Waals surface area contributed by atoms with Crippen molar-refractivity contribution < 1.29 is 14.5 Å². The van der Waals surface area contributed by atoms with Crippen molar-refractivity contribution in [1.82, 2.24) is 0 Å². The Hall–Kier alpha value is -2.15. The number of non-ortho nitro benzene ring substituents is 1. The van der Waals surface area contributed by atoms with Crippen molar-refractivity contribution in [2.45, 2.75) is 26.4 Å². The molecule has 1 rings (SSSR count). The van der Waals surface area contributed by atoms with Crippen LogP contribution >= 0.6 is 0 Å². The summed E-state index contributed by atoms with van der Waals surface area (Å²) in [6.07, 6.45) is -0.531. The molecular formula is C13H19N3O4. The van der Waals surface area contributed by atoms with Crippen LogP contribution in [0.5, 0.6) is 0 Å². The van der Waals surface area contributed by atoms with E-state index in [9.17, 15) is 14.9 Å². The van der Waals surface area contributed by atoms with Crippen molar-refractivity contribution in [2.24, 2.45) is 5.73 Å². The molecule has 0 saturated carbocycles. The Kier molecular flexibility index (Phi) is 5.04. The van der Waals surface area contributed by atoms with Gasteiger partial charge in [-0.15, -0.1) is 0 Å². The van der Waals surface area contributed by atoms with Gasteiger partial charge in [0.2, 0.25) is 0 Å². The molecule has 0 heterocycles. The fraction of sp³-hybridized carbons (Fsp3) is 0.462. The van der Waals surface area contributed by atoms with Gasteiger partial charge in [-0.2, -0.15) is 0 Å². The average molecular weight is 281 g/mol. The third kappa shape index (κ3) is 4.51. The van der Waals surface area contributed by atoms with Crippen molar-refractivity contribution in [2.75, 3.05) is 18.0 Å². The normalized spacial score (nSPS) is 11.0. The highest BCUT2D eigenvalue weighted by molar-refractivity contribution is 5.88. The first-order chi connectivity index (χ1) is 9.24. The van der Waals surface area contributed by atoms with Crippen LogP contribution in [0.3, 0.4) is 0 Å². The van der Waals surface area contributed by atoms with E-state index < -0.39 is 16.6 Å². The summed E-state index contributed by atoms with van der Waals surface area (Å²) in [5, 5.41) is 10.6. The molecule has 2 N–H and O–H groups in total. The molecule has 1 aromatic carbocycles. The van der Waals surface area contributed by atoms with Crippen LogP contribution in [0, 0.1) is 10.1 Å². The number of nitro benzene ring substituents is 1. The Morgan fingerprint density at radius 2 is 1.90 bits per heavy atom. The number of benzene rings is 1. The van der Waals surface area contributed by atoms with Gasteiger partial charge < -0.3 is 10.5 Å². The Labute approximate surface area is 117 Å². The molecule has 7 nitrogen and oxygen atoms in total. The van der Waals surface area contributed by atoms with Crippen molar-refractivity contribution in [3.05, 3.63) is 34.4 Å². The fourth-order valence-electron chi connectivity index (χ4n) is 1.53. The highest BCUT2D eigenvalue weighted by Gasteiger charge is 2.23. The van der Waals surface area contributed by atoms with Crippen LogP contribution in [0.25, 0.3) is 0 Å². The van der Waals surface area contributed by atoms with Crippen LogP contribution in [0.15, 0.2) is 24.3 Å². The molecule has 0 bridgehead atoms. The van der Waals surface area contributed by atoms with Gasteiger partial charge in [-0.05, 0) is 32.9 Å². The summed E-state index contributed by atoms with van der Waals surface area (Å²) in [4.78, 5) is 23.6. The minimum absolute atomic E-state index is 0.0364. The second-order valence-corrected chi connectivity index (χ2v) is 5.19. The van der Waals surface area contributed by atoms with E-state index in [2.05, 4.69) is 0 Å². The van der Waals surface area contributed by atoms with Crippen molar-refractivity contribution in [3.8, 4) is 0 Å². The Morgan fingerprint density at radius 3 is 2.30 bits per heavy atom. The average Bonchev–Trinajstić information content (AvgIpc) is 2.34. The minimum atomic E-state index is -0.620. The highest BCUT2D eigenvalue weighted by Crippen LogP contribution is 2.21.